The van der Waals surface area contributed by atoms with E-state index < -0.39 is 10.0 Å². The molecule has 2 aliphatic heterocycles. The molecule has 174 valence electrons. The number of nitrogens with zero attached hydrogens (tertiary/aromatic N) is 3. The van der Waals surface area contributed by atoms with Crippen LogP contribution in [0.1, 0.15) is 39.0 Å². The van der Waals surface area contributed by atoms with Gasteiger partial charge in [0, 0.05) is 61.0 Å². The van der Waals surface area contributed by atoms with E-state index in [1.807, 2.05) is 19.1 Å². The van der Waals surface area contributed by atoms with Gasteiger partial charge in [-0.3, -0.25) is 0 Å². The molecular weight excluding hydrogens is 459 g/mol. The van der Waals surface area contributed by atoms with Crippen LogP contribution in [0.3, 0.4) is 0 Å². The molecule has 0 atom stereocenters. The second kappa shape index (κ2) is 10.6. The first kappa shape index (κ1) is 24.4. The van der Waals surface area contributed by atoms with Crippen molar-refractivity contribution in [3.05, 3.63) is 28.2 Å². The number of sulfonamides is 1. The summed E-state index contributed by atoms with van der Waals surface area (Å²) in [5, 5.41) is 4.39. The fraction of sp³-hybridized carbons (Fsp3) is 0.667. The second-order valence-electron chi connectivity index (χ2n) is 8.40. The summed E-state index contributed by atoms with van der Waals surface area (Å²) in [5.74, 6) is 0.189. The number of anilines is 1. The lowest BCUT2D eigenvalue weighted by atomic mass is 10.0. The quantitative estimate of drug-likeness (QED) is 0.657. The summed E-state index contributed by atoms with van der Waals surface area (Å²) < 4.78 is 26.0. The minimum atomic E-state index is -3.17. The van der Waals surface area contributed by atoms with Crippen LogP contribution in [0.2, 0.25) is 10.0 Å². The van der Waals surface area contributed by atoms with Gasteiger partial charge in [-0.25, -0.2) is 17.5 Å². The number of hydrogen-bond donors (Lipinski definition) is 1. The number of carbonyl (C=O) groups is 1. The molecule has 0 radical (unpaired) electrons. The third-order valence-electron chi connectivity index (χ3n) is 6.18. The van der Waals surface area contributed by atoms with E-state index in [1.54, 1.807) is 22.3 Å². The van der Waals surface area contributed by atoms with Gasteiger partial charge in [-0.1, -0.05) is 30.1 Å². The van der Waals surface area contributed by atoms with Crippen molar-refractivity contribution in [2.24, 2.45) is 0 Å². The summed E-state index contributed by atoms with van der Waals surface area (Å²) >= 11 is 12.2. The molecule has 7 nitrogen and oxygen atoms in total. The number of nitrogens with one attached hydrogen (secondary N) is 1. The maximum Gasteiger partial charge on any atom is 0.317 e. The molecule has 3 rings (SSSR count). The Morgan fingerprint density at radius 1 is 1.06 bits per heavy atom. The lowest BCUT2D eigenvalue weighted by Gasteiger charge is -2.38. The average molecular weight is 491 g/mol. The van der Waals surface area contributed by atoms with Crippen molar-refractivity contribution >= 4 is 44.9 Å². The highest BCUT2D eigenvalue weighted by molar-refractivity contribution is 7.89. The predicted molar refractivity (Wildman–Crippen MR) is 127 cm³/mol. The van der Waals surface area contributed by atoms with E-state index in [1.165, 1.54) is 0 Å². The zero-order valence-corrected chi connectivity index (χ0v) is 20.5. The maximum atomic E-state index is 12.8. The Morgan fingerprint density at radius 3 is 2.19 bits per heavy atom. The van der Waals surface area contributed by atoms with Crippen LogP contribution in [-0.4, -0.2) is 74.7 Å². The zero-order valence-electron chi connectivity index (χ0n) is 18.2. The van der Waals surface area contributed by atoms with Gasteiger partial charge in [0.05, 0.1) is 5.75 Å². The first-order valence-corrected chi connectivity index (χ1v) is 13.3. The van der Waals surface area contributed by atoms with Crippen molar-refractivity contribution in [1.29, 1.82) is 0 Å². The summed E-state index contributed by atoms with van der Waals surface area (Å²) in [6, 6.07) is 5.63. The summed E-state index contributed by atoms with van der Waals surface area (Å²) in [5.41, 5.74) is 1.00. The van der Waals surface area contributed by atoms with E-state index in [2.05, 4.69) is 10.2 Å². The fourth-order valence-corrected chi connectivity index (χ4v) is 6.40. The number of rotatable bonds is 6. The van der Waals surface area contributed by atoms with Crippen LogP contribution in [0.25, 0.3) is 0 Å². The van der Waals surface area contributed by atoms with Crippen LogP contribution >= 0.6 is 23.2 Å². The molecular formula is C21H32Cl2N4O3S. The molecule has 10 heteroatoms. The summed E-state index contributed by atoms with van der Waals surface area (Å²) in [6.07, 6.45) is 3.64. The Balaban J connectivity index is 1.46. The Hall–Kier alpha value is -1.22. The van der Waals surface area contributed by atoms with Gasteiger partial charge in [0.25, 0.3) is 0 Å². The van der Waals surface area contributed by atoms with Gasteiger partial charge in [0.1, 0.15) is 0 Å². The van der Waals surface area contributed by atoms with Gasteiger partial charge in [0.2, 0.25) is 10.0 Å². The van der Waals surface area contributed by atoms with E-state index >= 15 is 0 Å². The molecule has 2 saturated heterocycles. The van der Waals surface area contributed by atoms with Crippen molar-refractivity contribution in [3.63, 3.8) is 0 Å². The molecule has 2 fully saturated rings. The largest absolute Gasteiger partial charge is 0.371 e. The van der Waals surface area contributed by atoms with Crippen LogP contribution in [-0.2, 0) is 10.0 Å². The highest BCUT2D eigenvalue weighted by Crippen LogP contribution is 2.28. The van der Waals surface area contributed by atoms with Crippen LogP contribution in [0.15, 0.2) is 18.2 Å². The normalized spacial score (nSPS) is 19.4. The zero-order chi connectivity index (χ0) is 22.6. The molecule has 0 aromatic heterocycles. The summed E-state index contributed by atoms with van der Waals surface area (Å²) in [6.45, 7) is 4.46. The molecule has 0 saturated carbocycles. The monoisotopic (exact) mass is 490 g/mol. The molecule has 2 heterocycles. The molecule has 1 aromatic carbocycles. The SMILES string of the molecule is CCCS(=O)(=O)N1CCC(N(C)C(=O)NC2CCN(c3cc(Cl)cc(Cl)c3)CC2)CC1. The van der Waals surface area contributed by atoms with Crippen LogP contribution in [0.4, 0.5) is 10.5 Å². The van der Waals surface area contributed by atoms with Crippen molar-refractivity contribution in [2.75, 3.05) is 43.9 Å². The Labute approximate surface area is 195 Å². The minimum absolute atomic E-state index is 0.0572. The fourth-order valence-electron chi connectivity index (χ4n) is 4.34. The van der Waals surface area contributed by atoms with Gasteiger partial charge >= 0.3 is 6.03 Å². The van der Waals surface area contributed by atoms with Gasteiger partial charge in [-0.15, -0.1) is 0 Å². The smallest absolute Gasteiger partial charge is 0.317 e. The molecule has 0 bridgehead atoms. The van der Waals surface area contributed by atoms with Gasteiger partial charge in [-0.05, 0) is 50.3 Å². The van der Waals surface area contributed by atoms with E-state index in [0.717, 1.165) is 31.6 Å². The number of hydrogen-bond acceptors (Lipinski definition) is 4. The van der Waals surface area contributed by atoms with E-state index in [-0.39, 0.29) is 23.9 Å². The minimum Gasteiger partial charge on any atom is -0.371 e. The number of benzene rings is 1. The highest BCUT2D eigenvalue weighted by Gasteiger charge is 2.31. The number of urea groups is 1. The van der Waals surface area contributed by atoms with Crippen LogP contribution in [0, 0.1) is 0 Å². The van der Waals surface area contributed by atoms with E-state index in [4.69, 9.17) is 23.2 Å². The highest BCUT2D eigenvalue weighted by atomic mass is 35.5. The lowest BCUT2D eigenvalue weighted by Crippen LogP contribution is -2.53. The summed E-state index contributed by atoms with van der Waals surface area (Å²) in [4.78, 5) is 16.7. The topological polar surface area (TPSA) is 73.0 Å². The standard InChI is InChI=1S/C21H32Cl2N4O3S/c1-3-12-31(29,30)27-10-6-19(7-11-27)25(2)21(28)24-18-4-8-26(9-5-18)20-14-16(22)13-17(23)15-20/h13-15,18-19H,3-12H2,1-2H3,(H,24,28). The van der Waals surface area contributed by atoms with Crippen molar-refractivity contribution < 1.29 is 13.2 Å². The number of carbonyl (C=O) groups excluding carboxylic acids is 1. The molecule has 2 amide bonds. The van der Waals surface area contributed by atoms with E-state index in [0.29, 0.717) is 42.4 Å². The summed E-state index contributed by atoms with van der Waals surface area (Å²) in [7, 11) is -1.36. The van der Waals surface area contributed by atoms with Gasteiger partial charge in [0.15, 0.2) is 0 Å². The second-order valence-corrected chi connectivity index (χ2v) is 11.4. The average Bonchev–Trinajstić information content (AvgIpc) is 2.73. The Bertz CT molecular complexity index is 847. The third kappa shape index (κ3) is 6.40. The first-order valence-electron chi connectivity index (χ1n) is 10.9. The van der Waals surface area contributed by atoms with Gasteiger partial charge < -0.3 is 15.1 Å². The van der Waals surface area contributed by atoms with Crippen molar-refractivity contribution in [3.8, 4) is 0 Å². The van der Waals surface area contributed by atoms with Crippen molar-refractivity contribution in [2.45, 2.75) is 51.1 Å². The molecule has 1 N–H and O–H groups in total. The molecule has 0 aliphatic carbocycles. The third-order valence-corrected chi connectivity index (χ3v) is 8.69. The van der Waals surface area contributed by atoms with Crippen LogP contribution < -0.4 is 10.2 Å². The lowest BCUT2D eigenvalue weighted by molar-refractivity contribution is 0.158. The van der Waals surface area contributed by atoms with Gasteiger partial charge in [-0.2, -0.15) is 0 Å². The predicted octanol–water partition coefficient (Wildman–Crippen LogP) is 3.81. The first-order chi connectivity index (χ1) is 14.7. The van der Waals surface area contributed by atoms with Crippen LogP contribution in [0.5, 0.6) is 0 Å². The molecule has 0 unspecified atom stereocenters. The molecule has 1 aromatic rings. The number of halogens is 2. The number of piperidine rings is 2. The van der Waals surface area contributed by atoms with Crippen molar-refractivity contribution in [1.82, 2.24) is 14.5 Å². The van der Waals surface area contributed by atoms with E-state index in [9.17, 15) is 13.2 Å². The maximum absolute atomic E-state index is 12.8. The Kier molecular flexibility index (Phi) is 8.35. The molecule has 31 heavy (non-hydrogen) atoms. The molecule has 0 spiro atoms. The Morgan fingerprint density at radius 2 is 1.65 bits per heavy atom. The molecule has 2 aliphatic rings. The number of amides is 2.